The van der Waals surface area contributed by atoms with E-state index in [1.54, 1.807) is 6.07 Å². The highest BCUT2D eigenvalue weighted by atomic mass is 35.5. The van der Waals surface area contributed by atoms with Crippen LogP contribution in [0, 0.1) is 11.8 Å². The number of benzene rings is 1. The van der Waals surface area contributed by atoms with Gasteiger partial charge in [-0.3, -0.25) is 4.79 Å². The molecular weight excluding hydrogens is 309 g/mol. The Morgan fingerprint density at radius 2 is 2.05 bits per heavy atom. The second kappa shape index (κ2) is 5.99. The molecule has 0 saturated heterocycles. The minimum absolute atomic E-state index is 0.0174. The van der Waals surface area contributed by atoms with Crippen LogP contribution in [-0.2, 0) is 4.79 Å². The maximum absolute atomic E-state index is 12.2. The first-order valence-electron chi connectivity index (χ1n) is 7.13. The van der Waals surface area contributed by atoms with Crippen LogP contribution in [0.3, 0.4) is 0 Å². The summed E-state index contributed by atoms with van der Waals surface area (Å²) in [5.74, 6) is 0.502. The minimum Gasteiger partial charge on any atom is -0.396 e. The fraction of sp³-hybridized carbons (Fsp3) is 0.438. The van der Waals surface area contributed by atoms with Crippen LogP contribution in [0.1, 0.15) is 24.3 Å². The first-order valence-corrected chi connectivity index (χ1v) is 7.88. The van der Waals surface area contributed by atoms with Crippen molar-refractivity contribution in [1.82, 2.24) is 5.32 Å². The monoisotopic (exact) mass is 325 g/mol. The molecule has 0 bridgehead atoms. The lowest BCUT2D eigenvalue weighted by atomic mass is 10.1. The molecule has 1 amide bonds. The van der Waals surface area contributed by atoms with Crippen molar-refractivity contribution in [2.24, 2.45) is 11.8 Å². The fourth-order valence-corrected chi connectivity index (χ4v) is 3.21. The summed E-state index contributed by atoms with van der Waals surface area (Å²) < 4.78 is 0. The van der Waals surface area contributed by atoms with E-state index in [0.717, 1.165) is 18.4 Å². The third-order valence-corrected chi connectivity index (χ3v) is 4.97. The van der Waals surface area contributed by atoms with E-state index in [1.165, 1.54) is 0 Å². The van der Waals surface area contributed by atoms with Crippen molar-refractivity contribution in [3.8, 4) is 0 Å². The van der Waals surface area contributed by atoms with E-state index in [4.69, 9.17) is 28.3 Å². The van der Waals surface area contributed by atoms with Crippen molar-refractivity contribution in [3.63, 3.8) is 0 Å². The lowest BCUT2D eigenvalue weighted by Gasteiger charge is -2.12. The SMILES string of the molecule is O=C(N[C@@H]1C=C[C@H](CO)C1)C1CC1c1ccc(Cl)c(Cl)c1. The van der Waals surface area contributed by atoms with Gasteiger partial charge in [0.2, 0.25) is 5.91 Å². The van der Waals surface area contributed by atoms with Gasteiger partial charge in [-0.25, -0.2) is 0 Å². The van der Waals surface area contributed by atoms with E-state index in [-0.39, 0.29) is 36.3 Å². The van der Waals surface area contributed by atoms with Crippen LogP contribution in [0.15, 0.2) is 30.4 Å². The first kappa shape index (κ1) is 14.9. The Bertz CT molecular complexity index is 588. The zero-order valence-electron chi connectivity index (χ0n) is 11.4. The fourth-order valence-electron chi connectivity index (χ4n) is 2.90. The maximum atomic E-state index is 12.2. The molecule has 4 atom stereocenters. The quantitative estimate of drug-likeness (QED) is 0.835. The third-order valence-electron chi connectivity index (χ3n) is 4.23. The predicted octanol–water partition coefficient (Wildman–Crippen LogP) is 3.15. The second-order valence-corrected chi connectivity index (χ2v) is 6.61. The van der Waals surface area contributed by atoms with Gasteiger partial charge in [-0.2, -0.15) is 0 Å². The van der Waals surface area contributed by atoms with Gasteiger partial charge < -0.3 is 10.4 Å². The Morgan fingerprint density at radius 1 is 1.24 bits per heavy atom. The minimum atomic E-state index is 0.0174. The molecule has 5 heteroatoms. The van der Waals surface area contributed by atoms with Crippen molar-refractivity contribution < 1.29 is 9.90 Å². The molecule has 0 heterocycles. The zero-order chi connectivity index (χ0) is 15.0. The molecule has 1 aromatic carbocycles. The van der Waals surface area contributed by atoms with Gasteiger partial charge in [-0.05, 0) is 36.5 Å². The number of hydrogen-bond acceptors (Lipinski definition) is 2. The Balaban J connectivity index is 1.56. The molecular formula is C16H17Cl2NO2. The molecule has 3 nitrogen and oxygen atoms in total. The molecule has 1 saturated carbocycles. The van der Waals surface area contributed by atoms with E-state index in [2.05, 4.69) is 5.32 Å². The summed E-state index contributed by atoms with van der Waals surface area (Å²) in [6, 6.07) is 5.60. The summed E-state index contributed by atoms with van der Waals surface area (Å²) in [6.07, 6.45) is 5.57. The highest BCUT2D eigenvalue weighted by Crippen LogP contribution is 2.48. The molecule has 0 spiro atoms. The average molecular weight is 326 g/mol. The zero-order valence-corrected chi connectivity index (χ0v) is 12.9. The van der Waals surface area contributed by atoms with Crippen LogP contribution in [0.2, 0.25) is 10.0 Å². The topological polar surface area (TPSA) is 49.3 Å². The largest absolute Gasteiger partial charge is 0.396 e. The molecule has 3 rings (SSSR count). The molecule has 0 radical (unpaired) electrons. The molecule has 112 valence electrons. The van der Waals surface area contributed by atoms with Gasteiger partial charge in [0.1, 0.15) is 0 Å². The van der Waals surface area contributed by atoms with Crippen LogP contribution in [-0.4, -0.2) is 23.7 Å². The van der Waals surface area contributed by atoms with Gasteiger partial charge >= 0.3 is 0 Å². The first-order chi connectivity index (χ1) is 10.1. The molecule has 2 unspecified atom stereocenters. The molecule has 0 aromatic heterocycles. The van der Waals surface area contributed by atoms with Crippen LogP contribution >= 0.6 is 23.2 Å². The van der Waals surface area contributed by atoms with Gasteiger partial charge in [0.15, 0.2) is 0 Å². The van der Waals surface area contributed by atoms with Crippen molar-refractivity contribution in [2.45, 2.75) is 24.8 Å². The Hall–Kier alpha value is -1.03. The standard InChI is InChI=1S/C16H17Cl2NO2/c17-14-4-2-10(6-15(14)18)12-7-13(12)16(21)19-11-3-1-9(5-11)8-20/h1-4,6,9,11-13,20H,5,7-8H2,(H,19,21)/t9-,11+,12?,13?/m0/s1. The number of halogens is 2. The second-order valence-electron chi connectivity index (χ2n) is 5.80. The summed E-state index contributed by atoms with van der Waals surface area (Å²) in [6.45, 7) is 0.137. The normalized spacial score (nSPS) is 30.4. The summed E-state index contributed by atoms with van der Waals surface area (Å²) >= 11 is 11.9. The van der Waals surface area contributed by atoms with Crippen LogP contribution in [0.4, 0.5) is 0 Å². The van der Waals surface area contributed by atoms with Crippen LogP contribution in [0.5, 0.6) is 0 Å². The number of rotatable bonds is 4. The molecule has 21 heavy (non-hydrogen) atoms. The van der Waals surface area contributed by atoms with Crippen LogP contribution in [0.25, 0.3) is 0 Å². The van der Waals surface area contributed by atoms with Gasteiger partial charge in [0.05, 0.1) is 10.0 Å². The number of hydrogen-bond donors (Lipinski definition) is 2. The molecule has 2 aliphatic carbocycles. The van der Waals surface area contributed by atoms with Gasteiger partial charge in [-0.15, -0.1) is 0 Å². The van der Waals surface area contributed by atoms with Crippen molar-refractivity contribution in [3.05, 3.63) is 46.0 Å². The molecule has 1 aromatic rings. The van der Waals surface area contributed by atoms with E-state index in [1.807, 2.05) is 24.3 Å². The summed E-state index contributed by atoms with van der Waals surface area (Å²) in [4.78, 5) is 12.2. The highest BCUT2D eigenvalue weighted by molar-refractivity contribution is 6.42. The van der Waals surface area contributed by atoms with Gasteiger partial charge in [-0.1, -0.05) is 41.4 Å². The summed E-state index contributed by atoms with van der Waals surface area (Å²) in [7, 11) is 0. The van der Waals surface area contributed by atoms with Gasteiger partial charge in [0.25, 0.3) is 0 Å². The van der Waals surface area contributed by atoms with Crippen molar-refractivity contribution in [1.29, 1.82) is 0 Å². The lowest BCUT2D eigenvalue weighted by Crippen LogP contribution is -2.34. The molecule has 0 aliphatic heterocycles. The lowest BCUT2D eigenvalue weighted by molar-refractivity contribution is -0.122. The van der Waals surface area contributed by atoms with Gasteiger partial charge in [0, 0.05) is 24.5 Å². The molecule has 2 N–H and O–H groups in total. The number of aliphatic hydroxyl groups excluding tert-OH is 1. The Morgan fingerprint density at radius 3 is 2.71 bits per heavy atom. The van der Waals surface area contributed by atoms with E-state index >= 15 is 0 Å². The highest BCUT2D eigenvalue weighted by Gasteiger charge is 2.44. The molecule has 1 fully saturated rings. The van der Waals surface area contributed by atoms with E-state index in [0.29, 0.717) is 10.0 Å². The average Bonchev–Trinajstić information content (AvgIpc) is 3.15. The number of aliphatic hydroxyl groups is 1. The third kappa shape index (κ3) is 3.25. The van der Waals surface area contributed by atoms with Crippen molar-refractivity contribution in [2.75, 3.05) is 6.61 Å². The maximum Gasteiger partial charge on any atom is 0.224 e. The van der Waals surface area contributed by atoms with E-state index < -0.39 is 0 Å². The predicted molar refractivity (Wildman–Crippen MR) is 83.6 cm³/mol. The number of nitrogens with one attached hydrogen (secondary N) is 1. The Kier molecular flexibility index (Phi) is 4.25. The van der Waals surface area contributed by atoms with Crippen molar-refractivity contribution >= 4 is 29.1 Å². The number of carbonyl (C=O) groups excluding carboxylic acids is 1. The van der Waals surface area contributed by atoms with E-state index in [9.17, 15) is 4.79 Å². The Labute approximate surface area is 133 Å². The molecule has 2 aliphatic rings. The summed E-state index contributed by atoms with van der Waals surface area (Å²) in [5.41, 5.74) is 1.07. The smallest absolute Gasteiger partial charge is 0.224 e. The number of carbonyl (C=O) groups is 1. The number of amides is 1. The van der Waals surface area contributed by atoms with Crippen LogP contribution < -0.4 is 5.32 Å². The summed E-state index contributed by atoms with van der Waals surface area (Å²) in [5, 5.41) is 13.2.